The van der Waals surface area contributed by atoms with Gasteiger partial charge in [-0.2, -0.15) is 0 Å². The second-order valence-corrected chi connectivity index (χ2v) is 7.88. The molecule has 122 valence electrons. The van der Waals surface area contributed by atoms with E-state index in [1.165, 1.54) is 12.1 Å². The van der Waals surface area contributed by atoms with Gasteiger partial charge in [-0.1, -0.05) is 13.8 Å². The van der Waals surface area contributed by atoms with E-state index in [0.717, 1.165) is 0 Å². The lowest BCUT2D eigenvalue weighted by Gasteiger charge is -2.34. The maximum Gasteiger partial charge on any atom is 0.229 e. The van der Waals surface area contributed by atoms with Gasteiger partial charge in [-0.15, -0.1) is 0 Å². The maximum atomic E-state index is 12.4. The van der Waals surface area contributed by atoms with Gasteiger partial charge in [0.2, 0.25) is 5.91 Å². The summed E-state index contributed by atoms with van der Waals surface area (Å²) in [4.78, 5) is 14.2. The molecule has 1 aliphatic heterocycles. The number of benzene rings is 1. The summed E-state index contributed by atoms with van der Waals surface area (Å²) in [6, 6.07) is 4.61. The fourth-order valence-corrected chi connectivity index (χ4v) is 3.52. The second-order valence-electron chi connectivity index (χ2n) is 5.77. The fourth-order valence-electron chi connectivity index (χ4n) is 2.40. The van der Waals surface area contributed by atoms with Crippen molar-refractivity contribution in [3.05, 3.63) is 18.2 Å². The van der Waals surface area contributed by atoms with Gasteiger partial charge in [0.15, 0.2) is 9.84 Å². The summed E-state index contributed by atoms with van der Waals surface area (Å²) in [5.41, 5.74) is 5.86. The maximum absolute atomic E-state index is 12.4. The SMILES string of the molecule is CC1CN(C(=O)C(C)C)c2cc(S(=O)(=O)CCN)ccc2O1. The van der Waals surface area contributed by atoms with Gasteiger partial charge >= 0.3 is 0 Å². The number of nitrogens with zero attached hydrogens (tertiary/aromatic N) is 1. The first-order chi connectivity index (χ1) is 10.3. The molecule has 1 unspecified atom stereocenters. The normalized spacial score (nSPS) is 18.0. The average molecular weight is 326 g/mol. The first kappa shape index (κ1) is 16.8. The Morgan fingerprint density at radius 1 is 1.45 bits per heavy atom. The lowest BCUT2D eigenvalue weighted by Crippen LogP contribution is -2.44. The number of hydrogen-bond acceptors (Lipinski definition) is 5. The summed E-state index contributed by atoms with van der Waals surface area (Å²) < 4.78 is 30.0. The Kier molecular flexibility index (Phi) is 4.77. The van der Waals surface area contributed by atoms with Gasteiger partial charge in [-0.05, 0) is 25.1 Å². The van der Waals surface area contributed by atoms with Crippen LogP contribution in [0.15, 0.2) is 23.1 Å². The van der Waals surface area contributed by atoms with Crippen molar-refractivity contribution in [1.82, 2.24) is 0 Å². The minimum absolute atomic E-state index is 0.0511. The second kappa shape index (κ2) is 6.26. The van der Waals surface area contributed by atoms with E-state index in [4.69, 9.17) is 10.5 Å². The molecule has 1 amide bonds. The summed E-state index contributed by atoms with van der Waals surface area (Å²) in [6.07, 6.45) is -0.137. The van der Waals surface area contributed by atoms with E-state index in [0.29, 0.717) is 18.0 Å². The molecule has 7 heteroatoms. The molecule has 0 saturated heterocycles. The highest BCUT2D eigenvalue weighted by atomic mass is 32.2. The van der Waals surface area contributed by atoms with Gasteiger partial charge < -0.3 is 15.4 Å². The van der Waals surface area contributed by atoms with Gasteiger partial charge in [0.1, 0.15) is 11.9 Å². The zero-order valence-electron chi connectivity index (χ0n) is 13.1. The van der Waals surface area contributed by atoms with E-state index < -0.39 is 9.84 Å². The fraction of sp³-hybridized carbons (Fsp3) is 0.533. The van der Waals surface area contributed by atoms with Crippen molar-refractivity contribution in [1.29, 1.82) is 0 Å². The molecule has 0 saturated carbocycles. The molecular formula is C15H22N2O4S. The van der Waals surface area contributed by atoms with Crippen molar-refractivity contribution in [2.24, 2.45) is 11.7 Å². The molecule has 22 heavy (non-hydrogen) atoms. The van der Waals surface area contributed by atoms with Gasteiger partial charge in [0, 0.05) is 12.5 Å². The highest BCUT2D eigenvalue weighted by Crippen LogP contribution is 2.36. The zero-order chi connectivity index (χ0) is 16.5. The average Bonchev–Trinajstić information content (AvgIpc) is 2.44. The summed E-state index contributed by atoms with van der Waals surface area (Å²) in [6.45, 7) is 5.98. The highest BCUT2D eigenvalue weighted by Gasteiger charge is 2.30. The lowest BCUT2D eigenvalue weighted by molar-refractivity contribution is -0.121. The number of ether oxygens (including phenoxy) is 1. The smallest absolute Gasteiger partial charge is 0.229 e. The number of carbonyl (C=O) groups is 1. The monoisotopic (exact) mass is 326 g/mol. The highest BCUT2D eigenvalue weighted by molar-refractivity contribution is 7.91. The minimum Gasteiger partial charge on any atom is -0.487 e. The molecule has 1 heterocycles. The van der Waals surface area contributed by atoms with E-state index in [2.05, 4.69) is 0 Å². The van der Waals surface area contributed by atoms with Crippen molar-refractivity contribution in [2.75, 3.05) is 23.7 Å². The molecule has 2 rings (SSSR count). The Balaban J connectivity index is 2.49. The Morgan fingerprint density at radius 3 is 2.73 bits per heavy atom. The molecule has 0 radical (unpaired) electrons. The van der Waals surface area contributed by atoms with Crippen LogP contribution in [-0.2, 0) is 14.6 Å². The Bertz CT molecular complexity index is 670. The molecule has 6 nitrogen and oxygen atoms in total. The first-order valence-corrected chi connectivity index (χ1v) is 8.96. The number of carbonyl (C=O) groups excluding carboxylic acids is 1. The van der Waals surface area contributed by atoms with Gasteiger partial charge in [0.05, 0.1) is 22.9 Å². The Morgan fingerprint density at radius 2 is 2.14 bits per heavy atom. The van der Waals surface area contributed by atoms with Gasteiger partial charge in [-0.3, -0.25) is 4.79 Å². The standard InChI is InChI=1S/C15H22N2O4S/c1-10(2)15(18)17-9-11(3)21-14-5-4-12(8-13(14)17)22(19,20)7-6-16/h4-5,8,10-11H,6-7,9,16H2,1-3H3. The number of fused-ring (bicyclic) bond motifs is 1. The molecule has 1 aromatic rings. The van der Waals surface area contributed by atoms with Gasteiger partial charge in [-0.25, -0.2) is 8.42 Å². The molecular weight excluding hydrogens is 304 g/mol. The predicted molar refractivity (Wildman–Crippen MR) is 84.8 cm³/mol. The molecule has 1 aliphatic rings. The van der Waals surface area contributed by atoms with Crippen LogP contribution in [0.5, 0.6) is 5.75 Å². The van der Waals surface area contributed by atoms with E-state index in [1.54, 1.807) is 11.0 Å². The van der Waals surface area contributed by atoms with E-state index >= 15 is 0 Å². The molecule has 0 aliphatic carbocycles. The molecule has 1 atom stereocenters. The van der Waals surface area contributed by atoms with Crippen molar-refractivity contribution in [2.45, 2.75) is 31.8 Å². The van der Waals surface area contributed by atoms with E-state index in [1.807, 2.05) is 20.8 Å². The van der Waals surface area contributed by atoms with Gasteiger partial charge in [0.25, 0.3) is 0 Å². The minimum atomic E-state index is -3.45. The van der Waals surface area contributed by atoms with Crippen LogP contribution < -0.4 is 15.4 Å². The summed E-state index contributed by atoms with van der Waals surface area (Å²) in [5, 5.41) is 0. The van der Waals surface area contributed by atoms with E-state index in [-0.39, 0.29) is 35.1 Å². The van der Waals surface area contributed by atoms with Crippen molar-refractivity contribution < 1.29 is 17.9 Å². The van der Waals surface area contributed by atoms with Crippen molar-refractivity contribution in [3.8, 4) is 5.75 Å². The number of rotatable bonds is 4. The quantitative estimate of drug-likeness (QED) is 0.897. The van der Waals surface area contributed by atoms with Crippen LogP contribution in [0.4, 0.5) is 5.69 Å². The molecule has 0 aromatic heterocycles. The van der Waals surface area contributed by atoms with Crippen LogP contribution in [0.1, 0.15) is 20.8 Å². The molecule has 0 fully saturated rings. The van der Waals surface area contributed by atoms with Crippen LogP contribution in [0.25, 0.3) is 0 Å². The Hall–Kier alpha value is -1.60. The number of nitrogens with two attached hydrogens (primary N) is 1. The van der Waals surface area contributed by atoms with Crippen LogP contribution >= 0.6 is 0 Å². The molecule has 0 bridgehead atoms. The molecule has 1 aromatic carbocycles. The lowest BCUT2D eigenvalue weighted by atomic mass is 10.1. The van der Waals surface area contributed by atoms with Crippen LogP contribution in [0.3, 0.4) is 0 Å². The van der Waals surface area contributed by atoms with Crippen molar-refractivity contribution in [3.63, 3.8) is 0 Å². The third kappa shape index (κ3) is 3.25. The first-order valence-electron chi connectivity index (χ1n) is 7.31. The number of hydrogen-bond donors (Lipinski definition) is 1. The van der Waals surface area contributed by atoms with Crippen LogP contribution in [-0.4, -0.2) is 39.3 Å². The largest absolute Gasteiger partial charge is 0.487 e. The van der Waals surface area contributed by atoms with Crippen LogP contribution in [0.2, 0.25) is 0 Å². The summed E-state index contributed by atoms with van der Waals surface area (Å²) >= 11 is 0. The van der Waals surface area contributed by atoms with Crippen molar-refractivity contribution >= 4 is 21.4 Å². The number of amides is 1. The predicted octanol–water partition coefficient (Wildman–Crippen LogP) is 1.19. The van der Waals surface area contributed by atoms with Crippen LogP contribution in [0, 0.1) is 5.92 Å². The third-order valence-corrected chi connectivity index (χ3v) is 5.24. The topological polar surface area (TPSA) is 89.7 Å². The summed E-state index contributed by atoms with van der Waals surface area (Å²) in [5.74, 6) is 0.174. The third-order valence-electron chi connectivity index (χ3n) is 3.49. The zero-order valence-corrected chi connectivity index (χ0v) is 13.9. The van der Waals surface area contributed by atoms with E-state index in [9.17, 15) is 13.2 Å². The summed E-state index contributed by atoms with van der Waals surface area (Å²) in [7, 11) is -3.45. The Labute approximate surface area is 131 Å². The molecule has 0 spiro atoms. The number of anilines is 1. The molecule has 2 N–H and O–H groups in total. The number of sulfone groups is 1.